The molecule has 3 aromatic rings. The van der Waals surface area contributed by atoms with Gasteiger partial charge in [0.2, 0.25) is 12.7 Å². The van der Waals surface area contributed by atoms with Gasteiger partial charge in [0.05, 0.1) is 12.5 Å². The van der Waals surface area contributed by atoms with Gasteiger partial charge in [-0.15, -0.1) is 0 Å². The molecule has 24 heavy (non-hydrogen) atoms. The van der Waals surface area contributed by atoms with Crippen LogP contribution in [0.2, 0.25) is 0 Å². The van der Waals surface area contributed by atoms with E-state index in [0.717, 1.165) is 11.1 Å². The van der Waals surface area contributed by atoms with Crippen molar-refractivity contribution in [2.75, 3.05) is 12.1 Å². The van der Waals surface area contributed by atoms with Gasteiger partial charge in [-0.1, -0.05) is 6.07 Å². The molecule has 0 fully saturated rings. The molecule has 2 N–H and O–H groups in total. The molecule has 7 nitrogen and oxygen atoms in total. The summed E-state index contributed by atoms with van der Waals surface area (Å²) in [4.78, 5) is 12.0. The van der Waals surface area contributed by atoms with E-state index in [0.29, 0.717) is 23.1 Å². The van der Waals surface area contributed by atoms with Gasteiger partial charge >= 0.3 is 0 Å². The zero-order chi connectivity index (χ0) is 16.4. The number of rotatable bonds is 4. The summed E-state index contributed by atoms with van der Waals surface area (Å²) in [6, 6.07) is 9.07. The molecule has 1 aromatic carbocycles. The number of carbonyl (C=O) groups excluding carboxylic acids is 1. The second-order valence-electron chi connectivity index (χ2n) is 5.06. The Morgan fingerprint density at radius 3 is 3.04 bits per heavy atom. The number of aromatic nitrogens is 2. The Labute approximate surface area is 136 Å². The normalized spacial score (nSPS) is 12.7. The van der Waals surface area contributed by atoms with Gasteiger partial charge in [0.25, 0.3) is 0 Å². The molecule has 0 saturated heterocycles. The number of H-pyrrole nitrogens is 1. The van der Waals surface area contributed by atoms with Crippen molar-refractivity contribution in [1.82, 2.24) is 10.2 Å². The van der Waals surface area contributed by atoms with Crippen LogP contribution >= 0.6 is 0 Å². The Balaban J connectivity index is 1.53. The molecule has 7 heteroatoms. The van der Waals surface area contributed by atoms with Gasteiger partial charge in [0.1, 0.15) is 11.6 Å². The number of hydrogen-bond donors (Lipinski definition) is 2. The fourth-order valence-electron chi connectivity index (χ4n) is 2.37. The second-order valence-corrected chi connectivity index (χ2v) is 5.06. The Morgan fingerprint density at radius 1 is 1.25 bits per heavy atom. The third-order valence-corrected chi connectivity index (χ3v) is 3.51. The molecule has 2 aromatic heterocycles. The molecule has 0 bridgehead atoms. The fourth-order valence-corrected chi connectivity index (χ4v) is 2.37. The monoisotopic (exact) mass is 323 g/mol. The first-order chi connectivity index (χ1) is 11.8. The van der Waals surface area contributed by atoms with Crippen LogP contribution in [0.1, 0.15) is 5.76 Å². The molecule has 0 radical (unpaired) electrons. The Hall–Kier alpha value is -3.48. The number of ether oxygens (including phenoxy) is 2. The smallest absolute Gasteiger partial charge is 0.249 e. The second kappa shape index (κ2) is 5.96. The molecule has 0 atom stereocenters. The van der Waals surface area contributed by atoms with E-state index in [-0.39, 0.29) is 12.7 Å². The first-order valence-corrected chi connectivity index (χ1v) is 7.25. The van der Waals surface area contributed by atoms with Gasteiger partial charge < -0.3 is 19.2 Å². The summed E-state index contributed by atoms with van der Waals surface area (Å²) in [5.74, 6) is 2.18. The van der Waals surface area contributed by atoms with Crippen LogP contribution in [0.3, 0.4) is 0 Å². The van der Waals surface area contributed by atoms with Gasteiger partial charge in [-0.25, -0.2) is 0 Å². The van der Waals surface area contributed by atoms with Gasteiger partial charge in [0.15, 0.2) is 11.5 Å². The summed E-state index contributed by atoms with van der Waals surface area (Å²) in [5, 5.41) is 9.55. The maximum Gasteiger partial charge on any atom is 0.249 e. The molecule has 4 rings (SSSR count). The van der Waals surface area contributed by atoms with Crippen LogP contribution in [0.4, 0.5) is 5.82 Å². The highest BCUT2D eigenvalue weighted by molar-refractivity contribution is 6.03. The molecule has 1 aliphatic heterocycles. The molecule has 0 spiro atoms. The highest BCUT2D eigenvalue weighted by Crippen LogP contribution is 2.37. The van der Waals surface area contributed by atoms with Gasteiger partial charge in [0, 0.05) is 11.6 Å². The Bertz CT molecular complexity index is 896. The summed E-state index contributed by atoms with van der Waals surface area (Å²) < 4.78 is 15.8. The number of amides is 1. The SMILES string of the molecule is O=C(/C=C\c1ccco1)Nc1[nH]ncc1-c1ccc2c(c1)OCO2. The average molecular weight is 323 g/mol. The number of furan rings is 1. The molecular formula is C17H13N3O4. The van der Waals surface area contributed by atoms with Crippen molar-refractivity contribution >= 4 is 17.8 Å². The first-order valence-electron chi connectivity index (χ1n) is 7.25. The minimum absolute atomic E-state index is 0.214. The van der Waals surface area contributed by atoms with E-state index in [1.165, 1.54) is 6.08 Å². The van der Waals surface area contributed by atoms with Crippen molar-refractivity contribution in [3.63, 3.8) is 0 Å². The maximum absolute atomic E-state index is 12.0. The quantitative estimate of drug-likeness (QED) is 0.720. The molecule has 120 valence electrons. The van der Waals surface area contributed by atoms with Crippen molar-refractivity contribution in [3.8, 4) is 22.6 Å². The predicted molar refractivity (Wildman–Crippen MR) is 86.5 cm³/mol. The van der Waals surface area contributed by atoms with Crippen molar-refractivity contribution in [2.45, 2.75) is 0 Å². The summed E-state index contributed by atoms with van der Waals surface area (Å²) in [6.45, 7) is 0.214. The van der Waals surface area contributed by atoms with E-state index in [9.17, 15) is 4.79 Å². The standard InChI is InChI=1S/C17H13N3O4/c21-16(6-4-12-2-1-7-22-12)19-17-13(9-18-20-17)11-3-5-14-15(8-11)24-10-23-14/h1-9H,10H2,(H2,18,19,20,21)/b6-4-. The summed E-state index contributed by atoms with van der Waals surface area (Å²) in [5.41, 5.74) is 1.62. The van der Waals surface area contributed by atoms with Crippen LogP contribution in [0, 0.1) is 0 Å². The Morgan fingerprint density at radius 2 is 2.17 bits per heavy atom. The lowest BCUT2D eigenvalue weighted by molar-refractivity contribution is -0.111. The molecule has 0 aliphatic carbocycles. The third-order valence-electron chi connectivity index (χ3n) is 3.51. The first kappa shape index (κ1) is 14.1. The number of nitrogens with one attached hydrogen (secondary N) is 2. The van der Waals surface area contributed by atoms with Gasteiger partial charge in [-0.2, -0.15) is 5.10 Å². The summed E-state index contributed by atoms with van der Waals surface area (Å²) in [7, 11) is 0. The lowest BCUT2D eigenvalue weighted by Gasteiger charge is -2.05. The van der Waals surface area contributed by atoms with Gasteiger partial charge in [-0.05, 0) is 35.9 Å². The zero-order valence-corrected chi connectivity index (χ0v) is 12.5. The number of carbonyl (C=O) groups is 1. The summed E-state index contributed by atoms with van der Waals surface area (Å²) >= 11 is 0. The highest BCUT2D eigenvalue weighted by Gasteiger charge is 2.16. The predicted octanol–water partition coefficient (Wildman–Crippen LogP) is 3.05. The zero-order valence-electron chi connectivity index (χ0n) is 12.5. The molecule has 3 heterocycles. The van der Waals surface area contributed by atoms with Crippen LogP contribution in [0.15, 0.2) is 53.3 Å². The lowest BCUT2D eigenvalue weighted by Crippen LogP contribution is -2.08. The summed E-state index contributed by atoms with van der Waals surface area (Å²) in [6.07, 6.45) is 6.17. The number of anilines is 1. The van der Waals surface area contributed by atoms with E-state index >= 15 is 0 Å². The van der Waals surface area contributed by atoms with Crippen LogP contribution in [-0.4, -0.2) is 22.9 Å². The number of nitrogens with zero attached hydrogens (tertiary/aromatic N) is 1. The largest absolute Gasteiger partial charge is 0.465 e. The van der Waals surface area contributed by atoms with E-state index in [2.05, 4.69) is 15.5 Å². The van der Waals surface area contributed by atoms with Crippen molar-refractivity contribution in [1.29, 1.82) is 0 Å². The highest BCUT2D eigenvalue weighted by atomic mass is 16.7. The average Bonchev–Trinajstić information content (AvgIpc) is 3.33. The third kappa shape index (κ3) is 2.74. The van der Waals surface area contributed by atoms with E-state index < -0.39 is 0 Å². The lowest BCUT2D eigenvalue weighted by atomic mass is 10.1. The van der Waals surface area contributed by atoms with Crippen LogP contribution < -0.4 is 14.8 Å². The molecule has 1 amide bonds. The minimum atomic E-state index is -0.294. The van der Waals surface area contributed by atoms with Crippen molar-refractivity contribution in [2.24, 2.45) is 0 Å². The number of aromatic amines is 1. The molecule has 0 unspecified atom stereocenters. The minimum Gasteiger partial charge on any atom is -0.465 e. The number of hydrogen-bond acceptors (Lipinski definition) is 5. The molecule has 1 aliphatic rings. The van der Waals surface area contributed by atoms with E-state index in [1.807, 2.05) is 18.2 Å². The Kier molecular flexibility index (Phi) is 3.51. The topological polar surface area (TPSA) is 89.4 Å². The van der Waals surface area contributed by atoms with E-state index in [4.69, 9.17) is 13.9 Å². The van der Waals surface area contributed by atoms with Crippen molar-refractivity contribution < 1.29 is 18.7 Å². The van der Waals surface area contributed by atoms with E-state index in [1.54, 1.807) is 30.7 Å². The molecule has 0 saturated carbocycles. The van der Waals surface area contributed by atoms with Gasteiger partial charge in [-0.3, -0.25) is 9.89 Å². The van der Waals surface area contributed by atoms with Crippen LogP contribution in [0.5, 0.6) is 11.5 Å². The maximum atomic E-state index is 12.0. The van der Waals surface area contributed by atoms with Crippen LogP contribution in [0.25, 0.3) is 17.2 Å². The fraction of sp³-hybridized carbons (Fsp3) is 0.0588. The number of benzene rings is 1. The van der Waals surface area contributed by atoms with Crippen molar-refractivity contribution in [3.05, 3.63) is 54.6 Å². The number of fused-ring (bicyclic) bond motifs is 1. The van der Waals surface area contributed by atoms with Crippen LogP contribution in [-0.2, 0) is 4.79 Å². The molecular weight excluding hydrogens is 310 g/mol.